The summed E-state index contributed by atoms with van der Waals surface area (Å²) in [7, 11) is 0. The maximum Gasteiger partial charge on any atom is 0.253 e. The lowest BCUT2D eigenvalue weighted by Gasteiger charge is -2.36. The van der Waals surface area contributed by atoms with Gasteiger partial charge >= 0.3 is 0 Å². The molecule has 0 spiro atoms. The SMILES string of the molecule is CC(C)NC(=O)[C@@H](NC(=O)c1ccc2c(c1)OCO2)C1CCN(C(=O)c2ccc3c(c2)OCO3)CC1. The van der Waals surface area contributed by atoms with Crippen LogP contribution in [0.4, 0.5) is 0 Å². The van der Waals surface area contributed by atoms with Crippen LogP contribution in [-0.4, -0.2) is 61.4 Å². The highest BCUT2D eigenvalue weighted by Crippen LogP contribution is 2.34. The van der Waals surface area contributed by atoms with Crippen molar-refractivity contribution in [3.8, 4) is 23.0 Å². The zero-order valence-electron chi connectivity index (χ0n) is 20.2. The quantitative estimate of drug-likeness (QED) is 0.632. The normalized spacial score (nSPS) is 17.1. The van der Waals surface area contributed by atoms with Crippen LogP contribution in [0.5, 0.6) is 23.0 Å². The third-order valence-electron chi connectivity index (χ3n) is 6.55. The first-order valence-electron chi connectivity index (χ1n) is 12.1. The summed E-state index contributed by atoms with van der Waals surface area (Å²) in [6.45, 7) is 4.97. The minimum atomic E-state index is -0.729. The van der Waals surface area contributed by atoms with Crippen LogP contribution < -0.4 is 29.6 Å². The number of benzene rings is 2. The van der Waals surface area contributed by atoms with Crippen molar-refractivity contribution < 1.29 is 33.3 Å². The largest absolute Gasteiger partial charge is 0.454 e. The predicted octanol–water partition coefficient (Wildman–Crippen LogP) is 2.32. The fourth-order valence-electron chi connectivity index (χ4n) is 4.68. The summed E-state index contributed by atoms with van der Waals surface area (Å²) in [6, 6.07) is 9.30. The summed E-state index contributed by atoms with van der Waals surface area (Å²) >= 11 is 0. The lowest BCUT2D eigenvalue weighted by molar-refractivity contribution is -0.125. The van der Waals surface area contributed by atoms with E-state index in [9.17, 15) is 14.4 Å². The van der Waals surface area contributed by atoms with Gasteiger partial charge in [0.1, 0.15) is 6.04 Å². The van der Waals surface area contributed by atoms with Crippen LogP contribution >= 0.6 is 0 Å². The van der Waals surface area contributed by atoms with Crippen molar-refractivity contribution in [1.29, 1.82) is 0 Å². The molecule has 36 heavy (non-hydrogen) atoms. The number of rotatable bonds is 6. The first-order chi connectivity index (χ1) is 17.4. The Kier molecular flexibility index (Phi) is 6.58. The van der Waals surface area contributed by atoms with Gasteiger partial charge in [-0.15, -0.1) is 0 Å². The third kappa shape index (κ3) is 4.89. The molecule has 1 saturated heterocycles. The molecule has 1 atom stereocenters. The van der Waals surface area contributed by atoms with E-state index in [1.807, 2.05) is 13.8 Å². The summed E-state index contributed by atoms with van der Waals surface area (Å²) in [4.78, 5) is 41.0. The molecule has 3 aliphatic rings. The molecule has 190 valence electrons. The van der Waals surface area contributed by atoms with E-state index in [0.29, 0.717) is 60.1 Å². The number of fused-ring (bicyclic) bond motifs is 2. The van der Waals surface area contributed by atoms with Crippen LogP contribution in [0, 0.1) is 5.92 Å². The number of hydrogen-bond donors (Lipinski definition) is 2. The van der Waals surface area contributed by atoms with Crippen molar-refractivity contribution in [2.45, 2.75) is 38.8 Å². The molecule has 3 aliphatic heterocycles. The van der Waals surface area contributed by atoms with E-state index >= 15 is 0 Å². The standard InChI is InChI=1S/C26H29N3O7/c1-15(2)27-25(31)23(28-24(30)17-3-5-19-21(11-17)35-13-33-19)16-7-9-29(10-8-16)26(32)18-4-6-20-22(12-18)36-14-34-20/h3-6,11-12,15-16,23H,7-10,13-14H2,1-2H3,(H,27,31)(H,28,30)/t23-/m0/s1. The van der Waals surface area contributed by atoms with E-state index in [4.69, 9.17) is 18.9 Å². The molecule has 3 heterocycles. The van der Waals surface area contributed by atoms with Crippen LogP contribution in [0.25, 0.3) is 0 Å². The van der Waals surface area contributed by atoms with Crippen molar-refractivity contribution in [2.24, 2.45) is 5.92 Å². The van der Waals surface area contributed by atoms with Gasteiger partial charge in [-0.05, 0) is 69.0 Å². The smallest absolute Gasteiger partial charge is 0.253 e. The summed E-state index contributed by atoms with van der Waals surface area (Å²) in [5.41, 5.74) is 0.917. The molecule has 0 aromatic heterocycles. The third-order valence-corrected chi connectivity index (χ3v) is 6.55. The zero-order chi connectivity index (χ0) is 25.2. The highest BCUT2D eigenvalue weighted by molar-refractivity contribution is 5.98. The molecule has 10 nitrogen and oxygen atoms in total. The van der Waals surface area contributed by atoms with E-state index in [-0.39, 0.29) is 43.3 Å². The molecular weight excluding hydrogens is 466 g/mol. The highest BCUT2D eigenvalue weighted by Gasteiger charge is 2.35. The number of carbonyl (C=O) groups excluding carboxylic acids is 3. The molecular formula is C26H29N3O7. The number of nitrogens with one attached hydrogen (secondary N) is 2. The van der Waals surface area contributed by atoms with E-state index in [2.05, 4.69) is 10.6 Å². The van der Waals surface area contributed by atoms with Gasteiger partial charge in [-0.25, -0.2) is 0 Å². The second-order valence-corrected chi connectivity index (χ2v) is 9.38. The Hall–Kier alpha value is -3.95. The fourth-order valence-corrected chi connectivity index (χ4v) is 4.68. The number of ether oxygens (including phenoxy) is 4. The van der Waals surface area contributed by atoms with Gasteiger partial charge in [0.2, 0.25) is 19.5 Å². The second-order valence-electron chi connectivity index (χ2n) is 9.38. The van der Waals surface area contributed by atoms with Gasteiger partial charge in [0.05, 0.1) is 0 Å². The monoisotopic (exact) mass is 495 g/mol. The number of hydrogen-bond acceptors (Lipinski definition) is 7. The number of piperidine rings is 1. The van der Waals surface area contributed by atoms with Gasteiger partial charge < -0.3 is 34.5 Å². The second kappa shape index (κ2) is 9.96. The Balaban J connectivity index is 1.26. The molecule has 0 radical (unpaired) electrons. The molecule has 2 aromatic carbocycles. The highest BCUT2D eigenvalue weighted by atomic mass is 16.7. The van der Waals surface area contributed by atoms with Crippen molar-refractivity contribution >= 4 is 17.7 Å². The minimum absolute atomic E-state index is 0.0740. The Labute approximate surface area is 208 Å². The molecule has 0 aliphatic carbocycles. The molecule has 1 fully saturated rings. The Bertz CT molecular complexity index is 1170. The molecule has 0 bridgehead atoms. The summed E-state index contributed by atoms with van der Waals surface area (Å²) < 4.78 is 21.4. The Morgan fingerprint density at radius 2 is 1.36 bits per heavy atom. The fraction of sp³-hybridized carbons (Fsp3) is 0.423. The van der Waals surface area contributed by atoms with E-state index < -0.39 is 6.04 Å². The van der Waals surface area contributed by atoms with E-state index in [1.165, 1.54) is 0 Å². The van der Waals surface area contributed by atoms with E-state index in [0.717, 1.165) is 0 Å². The number of amides is 3. The van der Waals surface area contributed by atoms with E-state index in [1.54, 1.807) is 41.3 Å². The zero-order valence-corrected chi connectivity index (χ0v) is 20.2. The molecule has 10 heteroatoms. The van der Waals surface area contributed by atoms with Crippen molar-refractivity contribution in [3.05, 3.63) is 47.5 Å². The van der Waals surface area contributed by atoms with Gasteiger partial charge in [0, 0.05) is 30.3 Å². The van der Waals surface area contributed by atoms with Crippen LogP contribution in [0.3, 0.4) is 0 Å². The molecule has 0 unspecified atom stereocenters. The maximum absolute atomic E-state index is 13.1. The Morgan fingerprint density at radius 3 is 1.97 bits per heavy atom. The van der Waals surface area contributed by atoms with Crippen molar-refractivity contribution in [2.75, 3.05) is 26.7 Å². The number of likely N-dealkylation sites (tertiary alicyclic amines) is 1. The lowest BCUT2D eigenvalue weighted by atomic mass is 9.88. The maximum atomic E-state index is 13.1. The van der Waals surface area contributed by atoms with Crippen molar-refractivity contribution in [3.63, 3.8) is 0 Å². The van der Waals surface area contributed by atoms with Crippen LogP contribution in [0.1, 0.15) is 47.4 Å². The number of nitrogens with zero attached hydrogens (tertiary/aromatic N) is 1. The molecule has 2 aromatic rings. The average molecular weight is 496 g/mol. The summed E-state index contributed by atoms with van der Waals surface area (Å²) in [5, 5.41) is 5.84. The first kappa shape index (κ1) is 23.8. The molecule has 3 amide bonds. The Morgan fingerprint density at radius 1 is 0.806 bits per heavy atom. The molecule has 2 N–H and O–H groups in total. The van der Waals surface area contributed by atoms with Crippen LogP contribution in [-0.2, 0) is 4.79 Å². The van der Waals surface area contributed by atoms with Crippen LogP contribution in [0.2, 0.25) is 0 Å². The van der Waals surface area contributed by atoms with Gasteiger partial charge in [0.25, 0.3) is 11.8 Å². The van der Waals surface area contributed by atoms with Crippen molar-refractivity contribution in [1.82, 2.24) is 15.5 Å². The number of carbonyl (C=O) groups is 3. The molecule has 5 rings (SSSR count). The molecule has 0 saturated carbocycles. The first-order valence-corrected chi connectivity index (χ1v) is 12.1. The van der Waals surface area contributed by atoms with Gasteiger partial charge in [-0.2, -0.15) is 0 Å². The lowest BCUT2D eigenvalue weighted by Crippen LogP contribution is -2.54. The predicted molar refractivity (Wildman–Crippen MR) is 128 cm³/mol. The van der Waals surface area contributed by atoms with Gasteiger partial charge in [-0.1, -0.05) is 0 Å². The minimum Gasteiger partial charge on any atom is -0.454 e. The summed E-state index contributed by atoms with van der Waals surface area (Å²) in [6.07, 6.45) is 1.15. The van der Waals surface area contributed by atoms with Crippen LogP contribution in [0.15, 0.2) is 36.4 Å². The summed E-state index contributed by atoms with van der Waals surface area (Å²) in [5.74, 6) is 1.45. The van der Waals surface area contributed by atoms with Gasteiger partial charge in [0.15, 0.2) is 23.0 Å². The average Bonchev–Trinajstić information content (AvgIpc) is 3.54. The van der Waals surface area contributed by atoms with Gasteiger partial charge in [-0.3, -0.25) is 14.4 Å². The topological polar surface area (TPSA) is 115 Å².